The van der Waals surface area contributed by atoms with E-state index in [1.807, 2.05) is 49.0 Å². The first-order chi connectivity index (χ1) is 14.1. The van der Waals surface area contributed by atoms with Crippen LogP contribution in [0.4, 0.5) is 0 Å². The van der Waals surface area contributed by atoms with Crippen molar-refractivity contribution in [3.8, 4) is 11.4 Å². The zero-order valence-electron chi connectivity index (χ0n) is 16.4. The van der Waals surface area contributed by atoms with E-state index in [9.17, 15) is 4.79 Å². The molecule has 3 heterocycles. The number of tetrazole rings is 1. The molecule has 0 aliphatic rings. The number of aromatic nitrogens is 7. The third-order valence-corrected chi connectivity index (χ3v) is 6.50. The number of rotatable bonds is 7. The van der Waals surface area contributed by atoms with Crippen molar-refractivity contribution in [1.82, 2.24) is 34.6 Å². The van der Waals surface area contributed by atoms with Crippen LogP contribution in [0.2, 0.25) is 0 Å². The SMILES string of the molecule is CCCc1nc(CSc2nnnn2-c2c(C)n(C)n(-c3ccccc3)c2=O)cs1. The Labute approximate surface area is 176 Å². The number of thioether (sulfide) groups is 1. The average Bonchev–Trinajstić information content (AvgIpc) is 3.41. The minimum absolute atomic E-state index is 0.163. The lowest BCUT2D eigenvalue weighted by atomic mass is 10.3. The number of benzene rings is 1. The Balaban J connectivity index is 1.65. The lowest BCUT2D eigenvalue weighted by Crippen LogP contribution is -2.22. The van der Waals surface area contributed by atoms with Crippen molar-refractivity contribution >= 4 is 23.1 Å². The summed E-state index contributed by atoms with van der Waals surface area (Å²) in [5.41, 5.74) is 2.87. The van der Waals surface area contributed by atoms with E-state index in [1.165, 1.54) is 16.4 Å². The van der Waals surface area contributed by atoms with Gasteiger partial charge in [0.05, 0.1) is 22.1 Å². The first-order valence-electron chi connectivity index (χ1n) is 9.29. The molecule has 0 N–H and O–H groups in total. The van der Waals surface area contributed by atoms with Gasteiger partial charge in [-0.1, -0.05) is 36.9 Å². The number of aryl methyl sites for hydroxylation is 1. The molecular formula is C19H21N7OS2. The van der Waals surface area contributed by atoms with Gasteiger partial charge in [-0.25, -0.2) is 9.67 Å². The van der Waals surface area contributed by atoms with Gasteiger partial charge in [0.1, 0.15) is 0 Å². The van der Waals surface area contributed by atoms with Gasteiger partial charge in [0, 0.05) is 18.2 Å². The zero-order valence-corrected chi connectivity index (χ0v) is 18.1. The van der Waals surface area contributed by atoms with Crippen LogP contribution in [0.1, 0.15) is 29.7 Å². The predicted molar refractivity (Wildman–Crippen MR) is 114 cm³/mol. The molecule has 0 spiro atoms. The summed E-state index contributed by atoms with van der Waals surface area (Å²) in [6.07, 6.45) is 2.08. The normalized spacial score (nSPS) is 11.3. The zero-order chi connectivity index (χ0) is 20.4. The van der Waals surface area contributed by atoms with Crippen LogP contribution in [0.15, 0.2) is 45.7 Å². The molecule has 3 aromatic heterocycles. The van der Waals surface area contributed by atoms with Gasteiger partial charge >= 0.3 is 0 Å². The second-order valence-corrected chi connectivity index (χ2v) is 8.44. The Morgan fingerprint density at radius 2 is 2.00 bits per heavy atom. The second kappa shape index (κ2) is 8.34. The monoisotopic (exact) mass is 427 g/mol. The van der Waals surface area contributed by atoms with Crippen LogP contribution in [0.5, 0.6) is 0 Å². The van der Waals surface area contributed by atoms with Crippen LogP contribution in [0, 0.1) is 6.92 Å². The van der Waals surface area contributed by atoms with E-state index >= 15 is 0 Å². The maximum Gasteiger partial charge on any atom is 0.297 e. The molecule has 0 unspecified atom stereocenters. The van der Waals surface area contributed by atoms with E-state index in [-0.39, 0.29) is 5.56 Å². The number of para-hydroxylation sites is 1. The molecule has 0 aliphatic carbocycles. The van der Waals surface area contributed by atoms with Crippen molar-refractivity contribution in [2.45, 2.75) is 37.6 Å². The minimum Gasteiger partial charge on any atom is -0.283 e. The highest BCUT2D eigenvalue weighted by molar-refractivity contribution is 7.98. The summed E-state index contributed by atoms with van der Waals surface area (Å²) in [4.78, 5) is 17.9. The van der Waals surface area contributed by atoms with Crippen LogP contribution in [-0.4, -0.2) is 34.6 Å². The van der Waals surface area contributed by atoms with E-state index < -0.39 is 0 Å². The van der Waals surface area contributed by atoms with Gasteiger partial charge in [-0.3, -0.25) is 9.48 Å². The van der Waals surface area contributed by atoms with Gasteiger partial charge in [0.25, 0.3) is 5.56 Å². The highest BCUT2D eigenvalue weighted by Gasteiger charge is 2.22. The van der Waals surface area contributed by atoms with Gasteiger partial charge < -0.3 is 0 Å². The van der Waals surface area contributed by atoms with Crippen LogP contribution in [-0.2, 0) is 19.2 Å². The first kappa shape index (κ1) is 19.6. The fraction of sp³-hybridized carbons (Fsp3) is 0.316. The predicted octanol–water partition coefficient (Wildman–Crippen LogP) is 3.16. The van der Waals surface area contributed by atoms with Gasteiger partial charge in [0.15, 0.2) is 5.69 Å². The van der Waals surface area contributed by atoms with Crippen molar-refractivity contribution in [3.05, 3.63) is 62.5 Å². The number of hydrogen-bond donors (Lipinski definition) is 0. The number of nitrogens with zero attached hydrogens (tertiary/aromatic N) is 7. The smallest absolute Gasteiger partial charge is 0.283 e. The van der Waals surface area contributed by atoms with Crippen LogP contribution >= 0.6 is 23.1 Å². The molecule has 0 aliphatic heterocycles. The molecule has 0 bridgehead atoms. The Bertz CT molecular complexity index is 1170. The average molecular weight is 428 g/mol. The van der Waals surface area contributed by atoms with E-state index in [4.69, 9.17) is 0 Å². The maximum atomic E-state index is 13.2. The Morgan fingerprint density at radius 1 is 1.21 bits per heavy atom. The number of hydrogen-bond acceptors (Lipinski definition) is 7. The molecule has 1 aromatic carbocycles. The van der Waals surface area contributed by atoms with Crippen molar-refractivity contribution < 1.29 is 0 Å². The molecule has 4 rings (SSSR count). The molecule has 10 heteroatoms. The van der Waals surface area contributed by atoms with Crippen molar-refractivity contribution in [2.75, 3.05) is 0 Å². The summed E-state index contributed by atoms with van der Waals surface area (Å²) in [6.45, 7) is 4.04. The van der Waals surface area contributed by atoms with E-state index in [0.717, 1.165) is 34.9 Å². The van der Waals surface area contributed by atoms with E-state index in [0.29, 0.717) is 16.6 Å². The van der Waals surface area contributed by atoms with Crippen LogP contribution < -0.4 is 5.56 Å². The molecular weight excluding hydrogens is 406 g/mol. The first-order valence-corrected chi connectivity index (χ1v) is 11.2. The standard InChI is InChI=1S/C19H21N7OS2/c1-4-8-16-20-14(11-28-16)12-29-19-21-22-23-25(19)17-13(2)24(3)26(18(17)27)15-9-6-5-7-10-15/h5-7,9-11H,4,8,12H2,1-3H3. The van der Waals surface area contributed by atoms with Gasteiger partial charge in [-0.15, -0.1) is 16.4 Å². The van der Waals surface area contributed by atoms with Gasteiger partial charge in [-0.05, 0) is 42.3 Å². The minimum atomic E-state index is -0.163. The summed E-state index contributed by atoms with van der Waals surface area (Å²) in [7, 11) is 1.86. The topological polar surface area (TPSA) is 83.4 Å². The summed E-state index contributed by atoms with van der Waals surface area (Å²) in [6, 6.07) is 9.53. The third-order valence-electron chi connectivity index (χ3n) is 4.59. The molecule has 29 heavy (non-hydrogen) atoms. The number of thiazole rings is 1. The van der Waals surface area contributed by atoms with E-state index in [2.05, 4.69) is 32.8 Å². The molecule has 0 fully saturated rings. The fourth-order valence-corrected chi connectivity index (χ4v) is 4.86. The lowest BCUT2D eigenvalue weighted by molar-refractivity contribution is 0.630. The van der Waals surface area contributed by atoms with Crippen molar-refractivity contribution in [1.29, 1.82) is 0 Å². The largest absolute Gasteiger partial charge is 0.297 e. The Kier molecular flexibility index (Phi) is 5.63. The summed E-state index contributed by atoms with van der Waals surface area (Å²) in [5, 5.41) is 15.8. The molecule has 0 amide bonds. The molecule has 4 aromatic rings. The second-order valence-electron chi connectivity index (χ2n) is 6.55. The summed E-state index contributed by atoms with van der Waals surface area (Å²) in [5.74, 6) is 0.652. The highest BCUT2D eigenvalue weighted by atomic mass is 32.2. The quantitative estimate of drug-likeness (QED) is 0.421. The van der Waals surface area contributed by atoms with Crippen molar-refractivity contribution in [2.24, 2.45) is 7.05 Å². The van der Waals surface area contributed by atoms with Crippen molar-refractivity contribution in [3.63, 3.8) is 0 Å². The Hall–Kier alpha value is -2.72. The van der Waals surface area contributed by atoms with Gasteiger partial charge in [0.2, 0.25) is 5.16 Å². The summed E-state index contributed by atoms with van der Waals surface area (Å²) >= 11 is 3.16. The summed E-state index contributed by atoms with van der Waals surface area (Å²) < 4.78 is 4.97. The molecule has 0 saturated carbocycles. The molecule has 0 radical (unpaired) electrons. The fourth-order valence-electron chi connectivity index (χ4n) is 3.09. The van der Waals surface area contributed by atoms with Crippen LogP contribution in [0.3, 0.4) is 0 Å². The highest BCUT2D eigenvalue weighted by Crippen LogP contribution is 2.24. The Morgan fingerprint density at radius 3 is 2.76 bits per heavy atom. The maximum absolute atomic E-state index is 13.2. The van der Waals surface area contributed by atoms with E-state index in [1.54, 1.807) is 16.0 Å². The lowest BCUT2D eigenvalue weighted by Gasteiger charge is -2.07. The third kappa shape index (κ3) is 3.77. The molecule has 8 nitrogen and oxygen atoms in total. The van der Waals surface area contributed by atoms with Gasteiger partial charge in [-0.2, -0.15) is 4.68 Å². The molecule has 0 saturated heterocycles. The molecule has 0 atom stereocenters. The molecule has 150 valence electrons. The van der Waals surface area contributed by atoms with Crippen LogP contribution in [0.25, 0.3) is 11.4 Å².